The predicted molar refractivity (Wildman–Crippen MR) is 149 cm³/mol. The Morgan fingerprint density at radius 3 is 2.21 bits per heavy atom. The van der Waals surface area contributed by atoms with Gasteiger partial charge in [-0.1, -0.05) is 37.5 Å². The number of carbonyl (C=O) groups is 2. The summed E-state index contributed by atoms with van der Waals surface area (Å²) in [5.74, 6) is -0.836. The molecular formula is C29H40FN3O4S. The van der Waals surface area contributed by atoms with Gasteiger partial charge in [0.1, 0.15) is 11.9 Å². The number of aryl methyl sites for hydroxylation is 2. The molecule has 1 saturated carbocycles. The van der Waals surface area contributed by atoms with Gasteiger partial charge in [0.2, 0.25) is 21.8 Å². The number of amides is 2. The van der Waals surface area contributed by atoms with E-state index >= 15 is 0 Å². The van der Waals surface area contributed by atoms with E-state index in [-0.39, 0.29) is 49.6 Å². The molecule has 0 aliphatic heterocycles. The van der Waals surface area contributed by atoms with Crippen LogP contribution in [0.3, 0.4) is 0 Å². The maximum Gasteiger partial charge on any atom is 0.242 e. The monoisotopic (exact) mass is 545 g/mol. The van der Waals surface area contributed by atoms with E-state index in [4.69, 9.17) is 0 Å². The number of anilines is 1. The van der Waals surface area contributed by atoms with Crippen molar-refractivity contribution in [2.24, 2.45) is 0 Å². The smallest absolute Gasteiger partial charge is 0.242 e. The molecule has 0 unspecified atom stereocenters. The van der Waals surface area contributed by atoms with Crippen molar-refractivity contribution in [1.82, 2.24) is 10.2 Å². The molecule has 38 heavy (non-hydrogen) atoms. The molecule has 0 heterocycles. The van der Waals surface area contributed by atoms with Crippen molar-refractivity contribution in [3.05, 3.63) is 65.0 Å². The number of carbonyl (C=O) groups excluding carboxylic acids is 2. The van der Waals surface area contributed by atoms with Gasteiger partial charge in [-0.2, -0.15) is 0 Å². The lowest BCUT2D eigenvalue weighted by Crippen LogP contribution is -2.50. The lowest BCUT2D eigenvalue weighted by Gasteiger charge is -2.31. The van der Waals surface area contributed by atoms with E-state index in [2.05, 4.69) is 5.32 Å². The second kappa shape index (κ2) is 13.2. The van der Waals surface area contributed by atoms with Gasteiger partial charge in [-0.15, -0.1) is 0 Å². The number of halogens is 1. The van der Waals surface area contributed by atoms with Gasteiger partial charge in [-0.3, -0.25) is 13.9 Å². The standard InChI is InChI=1S/C29H40FN3O4S/c1-21-17-22(2)19-27(18-21)33(38(4,36)37)16-8-11-28(34)32(20-24-12-14-25(30)15-13-24)23(3)29(35)31-26-9-6-5-7-10-26/h12-15,17-19,23,26H,5-11,16,20H2,1-4H3,(H,31,35)/t23-/m0/s1. The van der Waals surface area contributed by atoms with Gasteiger partial charge in [0.15, 0.2) is 0 Å². The van der Waals surface area contributed by atoms with Crippen LogP contribution in [-0.4, -0.2) is 50.0 Å². The molecule has 0 bridgehead atoms. The van der Waals surface area contributed by atoms with Crippen LogP contribution in [0.4, 0.5) is 10.1 Å². The Morgan fingerprint density at radius 2 is 1.63 bits per heavy atom. The largest absolute Gasteiger partial charge is 0.352 e. The molecule has 3 rings (SSSR count). The molecule has 0 radical (unpaired) electrons. The number of benzene rings is 2. The third kappa shape index (κ3) is 8.55. The predicted octanol–water partition coefficient (Wildman–Crippen LogP) is 4.85. The maximum absolute atomic E-state index is 13.5. The fraction of sp³-hybridized carbons (Fsp3) is 0.517. The molecule has 1 N–H and O–H groups in total. The molecule has 1 fully saturated rings. The molecule has 1 aliphatic rings. The Hall–Kier alpha value is -2.94. The molecule has 7 nitrogen and oxygen atoms in total. The lowest BCUT2D eigenvalue weighted by atomic mass is 9.95. The first kappa shape index (κ1) is 29.6. The third-order valence-electron chi connectivity index (χ3n) is 7.03. The quantitative estimate of drug-likeness (QED) is 0.437. The van der Waals surface area contributed by atoms with Crippen LogP contribution in [0.5, 0.6) is 0 Å². The van der Waals surface area contributed by atoms with Crippen LogP contribution >= 0.6 is 0 Å². The normalized spacial score (nSPS) is 15.1. The van der Waals surface area contributed by atoms with E-state index in [9.17, 15) is 22.4 Å². The SMILES string of the molecule is Cc1cc(C)cc(N(CCCC(=O)N(Cc2ccc(F)cc2)[C@@H](C)C(=O)NC2CCCCC2)S(C)(=O)=O)c1. The van der Waals surface area contributed by atoms with E-state index < -0.39 is 16.1 Å². The molecule has 2 aromatic carbocycles. The molecule has 0 aromatic heterocycles. The summed E-state index contributed by atoms with van der Waals surface area (Å²) < 4.78 is 39.9. The molecule has 0 spiro atoms. The molecule has 9 heteroatoms. The minimum Gasteiger partial charge on any atom is -0.352 e. The minimum atomic E-state index is -3.56. The Bertz CT molecular complexity index is 1190. The molecule has 208 valence electrons. The average molecular weight is 546 g/mol. The Labute approximate surface area is 226 Å². The van der Waals surface area contributed by atoms with E-state index in [1.165, 1.54) is 27.8 Å². The van der Waals surface area contributed by atoms with Crippen molar-refractivity contribution >= 4 is 27.5 Å². The third-order valence-corrected chi connectivity index (χ3v) is 8.23. The molecule has 2 aromatic rings. The van der Waals surface area contributed by atoms with Crippen molar-refractivity contribution in [2.75, 3.05) is 17.1 Å². The van der Waals surface area contributed by atoms with Gasteiger partial charge < -0.3 is 10.2 Å². The zero-order valence-electron chi connectivity index (χ0n) is 22.9. The lowest BCUT2D eigenvalue weighted by molar-refractivity contribution is -0.141. The Balaban J connectivity index is 1.72. The molecule has 1 aliphatic carbocycles. The van der Waals surface area contributed by atoms with Gasteiger partial charge in [-0.25, -0.2) is 12.8 Å². The Morgan fingerprint density at radius 1 is 1.03 bits per heavy atom. The number of nitrogens with zero attached hydrogens (tertiary/aromatic N) is 2. The zero-order chi connectivity index (χ0) is 27.9. The fourth-order valence-corrected chi connectivity index (χ4v) is 5.99. The minimum absolute atomic E-state index is 0.0685. The first-order valence-corrected chi connectivity index (χ1v) is 15.2. The van der Waals surface area contributed by atoms with Crippen molar-refractivity contribution in [3.8, 4) is 0 Å². The first-order chi connectivity index (χ1) is 17.9. The number of hydrogen-bond donors (Lipinski definition) is 1. The van der Waals surface area contributed by atoms with Crippen LogP contribution in [0.2, 0.25) is 0 Å². The fourth-order valence-electron chi connectivity index (χ4n) is 5.04. The van der Waals surface area contributed by atoms with E-state index in [1.807, 2.05) is 32.0 Å². The van der Waals surface area contributed by atoms with Crippen molar-refractivity contribution in [1.29, 1.82) is 0 Å². The highest BCUT2D eigenvalue weighted by Crippen LogP contribution is 2.23. The number of rotatable bonds is 11. The van der Waals surface area contributed by atoms with Gasteiger partial charge >= 0.3 is 0 Å². The van der Waals surface area contributed by atoms with Crippen LogP contribution in [0, 0.1) is 19.7 Å². The van der Waals surface area contributed by atoms with Crippen molar-refractivity contribution in [2.45, 2.75) is 84.3 Å². The summed E-state index contributed by atoms with van der Waals surface area (Å²) in [4.78, 5) is 28.1. The number of sulfonamides is 1. The second-order valence-corrected chi connectivity index (χ2v) is 12.4. The highest BCUT2D eigenvalue weighted by molar-refractivity contribution is 7.92. The second-order valence-electron chi connectivity index (χ2n) is 10.5. The molecule has 2 amide bonds. The van der Waals surface area contributed by atoms with Crippen LogP contribution in [0.15, 0.2) is 42.5 Å². The Kier molecular flexibility index (Phi) is 10.3. The van der Waals surface area contributed by atoms with E-state index in [0.29, 0.717) is 11.3 Å². The number of nitrogens with one attached hydrogen (secondary N) is 1. The maximum atomic E-state index is 13.5. The van der Waals surface area contributed by atoms with Gasteiger partial charge in [0.05, 0.1) is 11.9 Å². The molecular weight excluding hydrogens is 505 g/mol. The topological polar surface area (TPSA) is 86.8 Å². The van der Waals surface area contributed by atoms with Crippen LogP contribution in [-0.2, 0) is 26.2 Å². The average Bonchev–Trinajstić information content (AvgIpc) is 2.85. The summed E-state index contributed by atoms with van der Waals surface area (Å²) in [6, 6.07) is 10.9. The summed E-state index contributed by atoms with van der Waals surface area (Å²) in [6.07, 6.45) is 6.71. The zero-order valence-corrected chi connectivity index (χ0v) is 23.7. The summed E-state index contributed by atoms with van der Waals surface area (Å²) >= 11 is 0. The summed E-state index contributed by atoms with van der Waals surface area (Å²) in [7, 11) is -3.56. The summed E-state index contributed by atoms with van der Waals surface area (Å²) in [5, 5.41) is 3.09. The highest BCUT2D eigenvalue weighted by atomic mass is 32.2. The van der Waals surface area contributed by atoms with Crippen molar-refractivity contribution < 1.29 is 22.4 Å². The van der Waals surface area contributed by atoms with Crippen LogP contribution < -0.4 is 9.62 Å². The highest BCUT2D eigenvalue weighted by Gasteiger charge is 2.28. The van der Waals surface area contributed by atoms with Crippen molar-refractivity contribution in [3.63, 3.8) is 0 Å². The van der Waals surface area contributed by atoms with Crippen LogP contribution in [0.25, 0.3) is 0 Å². The summed E-state index contributed by atoms with van der Waals surface area (Å²) in [6.45, 7) is 5.82. The molecule has 1 atom stereocenters. The molecule has 0 saturated heterocycles. The van der Waals surface area contributed by atoms with Gasteiger partial charge in [0.25, 0.3) is 0 Å². The van der Waals surface area contributed by atoms with E-state index in [0.717, 1.165) is 43.1 Å². The summed E-state index contributed by atoms with van der Waals surface area (Å²) in [5.41, 5.74) is 3.19. The van der Waals surface area contributed by atoms with Gasteiger partial charge in [-0.05, 0) is 81.0 Å². The van der Waals surface area contributed by atoms with E-state index in [1.54, 1.807) is 19.1 Å². The number of hydrogen-bond acceptors (Lipinski definition) is 4. The van der Waals surface area contributed by atoms with Crippen LogP contribution in [0.1, 0.15) is 68.6 Å². The first-order valence-electron chi connectivity index (χ1n) is 13.3. The van der Waals surface area contributed by atoms with Gasteiger partial charge in [0, 0.05) is 25.6 Å².